The van der Waals surface area contributed by atoms with Crippen molar-refractivity contribution in [2.75, 3.05) is 11.9 Å². The minimum atomic E-state index is -0.0706. The number of halogens is 1. The topological polar surface area (TPSA) is 47.0 Å². The third kappa shape index (κ3) is 6.53. The molecule has 0 radical (unpaired) electrons. The van der Waals surface area contributed by atoms with Crippen molar-refractivity contribution < 1.29 is 4.74 Å². The third-order valence-corrected chi connectivity index (χ3v) is 2.81. The van der Waals surface area contributed by atoms with Crippen LogP contribution < -0.4 is 5.32 Å². The fourth-order valence-corrected chi connectivity index (χ4v) is 2.70. The predicted octanol–water partition coefficient (Wildman–Crippen LogP) is 4.29. The van der Waals surface area contributed by atoms with Gasteiger partial charge in [0, 0.05) is 18.2 Å². The highest BCUT2D eigenvalue weighted by molar-refractivity contribution is 6.29. The van der Waals surface area contributed by atoms with Gasteiger partial charge in [-0.1, -0.05) is 32.4 Å². The van der Waals surface area contributed by atoms with E-state index >= 15 is 0 Å². The van der Waals surface area contributed by atoms with Crippen molar-refractivity contribution in [1.82, 2.24) is 9.97 Å². The predicted molar refractivity (Wildman–Crippen MR) is 84.1 cm³/mol. The van der Waals surface area contributed by atoms with Gasteiger partial charge in [-0.15, -0.1) is 0 Å². The van der Waals surface area contributed by atoms with Crippen LogP contribution in [0.2, 0.25) is 5.15 Å². The van der Waals surface area contributed by atoms with Crippen molar-refractivity contribution in [3.05, 3.63) is 17.0 Å². The Balaban J connectivity index is 2.83. The number of nitrogens with one attached hydrogen (secondary N) is 1. The van der Waals surface area contributed by atoms with Gasteiger partial charge in [-0.3, -0.25) is 0 Å². The van der Waals surface area contributed by atoms with Crippen molar-refractivity contribution in [3.8, 4) is 0 Å². The van der Waals surface area contributed by atoms with Crippen molar-refractivity contribution in [2.45, 2.75) is 60.1 Å². The molecule has 20 heavy (non-hydrogen) atoms. The molecule has 0 aliphatic carbocycles. The number of hydrogen-bond acceptors (Lipinski definition) is 4. The van der Waals surface area contributed by atoms with Gasteiger partial charge in [0.05, 0.1) is 0 Å². The summed E-state index contributed by atoms with van der Waals surface area (Å²) in [7, 11) is 0. The minimum absolute atomic E-state index is 0.0706. The Kier molecular flexibility index (Phi) is 5.78. The maximum atomic E-state index is 6.04. The van der Waals surface area contributed by atoms with E-state index in [0.717, 1.165) is 12.2 Å². The fraction of sp³-hybridized carbons (Fsp3) is 0.733. The molecule has 5 heteroatoms. The molecule has 1 aromatic rings. The van der Waals surface area contributed by atoms with Crippen LogP contribution in [0.3, 0.4) is 0 Å². The van der Waals surface area contributed by atoms with Crippen LogP contribution in [0, 0.1) is 5.41 Å². The van der Waals surface area contributed by atoms with Crippen LogP contribution in [0.15, 0.2) is 6.07 Å². The lowest BCUT2D eigenvalue weighted by Crippen LogP contribution is -2.35. The lowest BCUT2D eigenvalue weighted by Gasteiger charge is -2.33. The van der Waals surface area contributed by atoms with Crippen LogP contribution in [-0.2, 0) is 11.3 Å². The summed E-state index contributed by atoms with van der Waals surface area (Å²) in [6.45, 7) is 14.0. The first-order chi connectivity index (χ1) is 9.11. The molecule has 0 fully saturated rings. The highest BCUT2D eigenvalue weighted by atomic mass is 35.5. The second kappa shape index (κ2) is 6.72. The van der Waals surface area contributed by atoms with Crippen LogP contribution in [0.5, 0.6) is 0 Å². The molecule has 4 nitrogen and oxygen atoms in total. The Hall–Kier alpha value is -0.870. The molecule has 0 aliphatic heterocycles. The summed E-state index contributed by atoms with van der Waals surface area (Å²) in [6, 6.07) is 1.75. The number of anilines is 1. The summed E-state index contributed by atoms with van der Waals surface area (Å²) in [5, 5.41) is 3.88. The molecule has 0 spiro atoms. The summed E-state index contributed by atoms with van der Waals surface area (Å²) in [4.78, 5) is 8.62. The molecule has 0 unspecified atom stereocenters. The molecular formula is C15H26ClN3O. The second-order valence-electron chi connectivity index (χ2n) is 6.88. The van der Waals surface area contributed by atoms with E-state index < -0.39 is 0 Å². The van der Waals surface area contributed by atoms with Crippen LogP contribution in [0.1, 0.15) is 53.8 Å². The number of aromatic nitrogens is 2. The molecule has 1 aromatic heterocycles. The summed E-state index contributed by atoms with van der Waals surface area (Å²) >= 11 is 6.04. The quantitative estimate of drug-likeness (QED) is 0.796. The van der Waals surface area contributed by atoms with Gasteiger partial charge in [-0.05, 0) is 32.6 Å². The number of ether oxygens (including phenoxy) is 1. The average Bonchev–Trinajstić information content (AvgIpc) is 2.21. The number of rotatable bonds is 6. The zero-order valence-electron chi connectivity index (χ0n) is 13.4. The van der Waals surface area contributed by atoms with Crippen LogP contribution in [-0.4, -0.2) is 22.1 Å². The highest BCUT2D eigenvalue weighted by Gasteiger charge is 2.25. The smallest absolute Gasteiger partial charge is 0.158 e. The molecule has 0 aromatic carbocycles. The normalized spacial score (nSPS) is 12.6. The van der Waals surface area contributed by atoms with E-state index in [0.29, 0.717) is 24.2 Å². The molecule has 0 bridgehead atoms. The van der Waals surface area contributed by atoms with E-state index in [4.69, 9.17) is 16.3 Å². The maximum Gasteiger partial charge on any atom is 0.158 e. The molecular weight excluding hydrogens is 274 g/mol. The largest absolute Gasteiger partial charge is 0.374 e. The Labute approximate surface area is 127 Å². The van der Waals surface area contributed by atoms with Gasteiger partial charge in [0.25, 0.3) is 0 Å². The second-order valence-corrected chi connectivity index (χ2v) is 7.26. The molecule has 1 N–H and O–H groups in total. The van der Waals surface area contributed by atoms with Crippen LogP contribution in [0.25, 0.3) is 0 Å². The Morgan fingerprint density at radius 3 is 2.40 bits per heavy atom. The molecule has 114 valence electrons. The monoisotopic (exact) mass is 299 g/mol. The standard InChI is InChI=1S/C15H26ClN3O/c1-7-20-9-13-17-11(16)8-12(18-13)19-15(5,6)10-14(2,3)4/h8H,7,9-10H2,1-6H3,(H,17,18,19). The van der Waals surface area contributed by atoms with Crippen molar-refractivity contribution in [2.24, 2.45) is 5.41 Å². The summed E-state index contributed by atoms with van der Waals surface area (Å²) in [6.07, 6.45) is 1.02. The van der Waals surface area contributed by atoms with Gasteiger partial charge >= 0.3 is 0 Å². The van der Waals surface area contributed by atoms with E-state index in [-0.39, 0.29) is 11.0 Å². The van der Waals surface area contributed by atoms with E-state index in [9.17, 15) is 0 Å². The molecule has 0 atom stereocenters. The average molecular weight is 300 g/mol. The molecule has 1 rings (SSSR count). The van der Waals surface area contributed by atoms with Crippen molar-refractivity contribution in [1.29, 1.82) is 0 Å². The van der Waals surface area contributed by atoms with Crippen molar-refractivity contribution >= 4 is 17.4 Å². The summed E-state index contributed by atoms with van der Waals surface area (Å²) in [5.74, 6) is 1.35. The first kappa shape index (κ1) is 17.2. The van der Waals surface area contributed by atoms with E-state index in [1.807, 2.05) is 6.92 Å². The van der Waals surface area contributed by atoms with Crippen LogP contribution >= 0.6 is 11.6 Å². The van der Waals surface area contributed by atoms with E-state index in [2.05, 4.69) is 49.9 Å². The number of hydrogen-bond donors (Lipinski definition) is 1. The zero-order chi connectivity index (χ0) is 15.4. The number of nitrogens with zero attached hydrogens (tertiary/aromatic N) is 2. The molecule has 0 saturated carbocycles. The molecule has 1 heterocycles. The van der Waals surface area contributed by atoms with Gasteiger partial charge in [0.15, 0.2) is 5.82 Å². The minimum Gasteiger partial charge on any atom is -0.374 e. The third-order valence-electron chi connectivity index (χ3n) is 2.62. The van der Waals surface area contributed by atoms with Crippen LogP contribution in [0.4, 0.5) is 5.82 Å². The fourth-order valence-electron chi connectivity index (χ4n) is 2.50. The van der Waals surface area contributed by atoms with Gasteiger partial charge in [0.2, 0.25) is 0 Å². The summed E-state index contributed by atoms with van der Waals surface area (Å²) in [5.41, 5.74) is 0.167. The van der Waals surface area contributed by atoms with Gasteiger partial charge in [-0.2, -0.15) is 0 Å². The Bertz CT molecular complexity index is 441. The lowest BCUT2D eigenvalue weighted by molar-refractivity contribution is 0.128. The van der Waals surface area contributed by atoms with Gasteiger partial charge < -0.3 is 10.1 Å². The van der Waals surface area contributed by atoms with Gasteiger partial charge in [-0.25, -0.2) is 9.97 Å². The lowest BCUT2D eigenvalue weighted by atomic mass is 9.82. The first-order valence-electron chi connectivity index (χ1n) is 7.01. The van der Waals surface area contributed by atoms with E-state index in [1.165, 1.54) is 0 Å². The SMILES string of the molecule is CCOCc1nc(Cl)cc(NC(C)(C)CC(C)(C)C)n1. The Morgan fingerprint density at radius 1 is 1.20 bits per heavy atom. The van der Waals surface area contributed by atoms with Crippen molar-refractivity contribution in [3.63, 3.8) is 0 Å². The summed E-state index contributed by atoms with van der Waals surface area (Å²) < 4.78 is 5.33. The van der Waals surface area contributed by atoms with Gasteiger partial charge in [0.1, 0.15) is 17.6 Å². The van der Waals surface area contributed by atoms with E-state index in [1.54, 1.807) is 6.07 Å². The molecule has 0 saturated heterocycles. The first-order valence-corrected chi connectivity index (χ1v) is 7.38. The zero-order valence-corrected chi connectivity index (χ0v) is 14.1. The molecule has 0 aliphatic rings. The maximum absolute atomic E-state index is 6.04. The highest BCUT2D eigenvalue weighted by Crippen LogP contribution is 2.29. The Morgan fingerprint density at radius 2 is 1.85 bits per heavy atom. The molecule has 0 amide bonds.